The van der Waals surface area contributed by atoms with Crippen LogP contribution in [0.4, 0.5) is 5.95 Å². The van der Waals surface area contributed by atoms with Crippen molar-refractivity contribution >= 4 is 21.9 Å². The Morgan fingerprint density at radius 3 is 2.69 bits per heavy atom. The highest BCUT2D eigenvalue weighted by Crippen LogP contribution is 2.20. The summed E-state index contributed by atoms with van der Waals surface area (Å²) in [6.07, 6.45) is 4.91. The molecule has 1 aromatic heterocycles. The van der Waals surface area contributed by atoms with E-state index in [9.17, 15) is 0 Å². The SMILES string of the molecule is Cc1cnc(N2CCC(Br)C2)nc1. The third-order valence-corrected chi connectivity index (χ3v) is 2.93. The van der Waals surface area contributed by atoms with Crippen LogP contribution in [0.3, 0.4) is 0 Å². The molecule has 0 radical (unpaired) electrons. The molecule has 0 saturated carbocycles. The summed E-state index contributed by atoms with van der Waals surface area (Å²) in [6, 6.07) is 0. The molecule has 0 aliphatic carbocycles. The van der Waals surface area contributed by atoms with Gasteiger partial charge in [-0.2, -0.15) is 0 Å². The minimum Gasteiger partial charge on any atom is -0.340 e. The summed E-state index contributed by atoms with van der Waals surface area (Å²) in [7, 11) is 0. The highest BCUT2D eigenvalue weighted by Gasteiger charge is 2.21. The van der Waals surface area contributed by atoms with Gasteiger partial charge in [0.25, 0.3) is 0 Å². The molecule has 3 nitrogen and oxygen atoms in total. The number of alkyl halides is 1. The van der Waals surface area contributed by atoms with Gasteiger partial charge in [-0.25, -0.2) is 9.97 Å². The summed E-state index contributed by atoms with van der Waals surface area (Å²) in [4.78, 5) is 11.4. The first-order valence-electron chi connectivity index (χ1n) is 4.43. The Bertz CT molecular complexity index is 285. The van der Waals surface area contributed by atoms with Crippen molar-refractivity contribution in [1.29, 1.82) is 0 Å². The van der Waals surface area contributed by atoms with Gasteiger partial charge in [-0.3, -0.25) is 0 Å². The largest absolute Gasteiger partial charge is 0.340 e. The second-order valence-corrected chi connectivity index (χ2v) is 4.69. The minimum absolute atomic E-state index is 0.595. The van der Waals surface area contributed by atoms with Gasteiger partial charge >= 0.3 is 0 Å². The second kappa shape index (κ2) is 3.62. The van der Waals surface area contributed by atoms with Crippen molar-refractivity contribution in [3.63, 3.8) is 0 Å². The smallest absolute Gasteiger partial charge is 0.225 e. The van der Waals surface area contributed by atoms with E-state index < -0.39 is 0 Å². The number of anilines is 1. The number of halogens is 1. The van der Waals surface area contributed by atoms with Crippen LogP contribution in [0.15, 0.2) is 12.4 Å². The first-order chi connectivity index (χ1) is 6.25. The van der Waals surface area contributed by atoms with E-state index in [1.165, 1.54) is 6.42 Å². The number of hydrogen-bond acceptors (Lipinski definition) is 3. The van der Waals surface area contributed by atoms with E-state index in [-0.39, 0.29) is 0 Å². The predicted molar refractivity (Wildman–Crippen MR) is 56.3 cm³/mol. The van der Waals surface area contributed by atoms with E-state index in [0.717, 1.165) is 24.6 Å². The molecule has 1 aliphatic heterocycles. The van der Waals surface area contributed by atoms with Crippen LogP contribution in [0.5, 0.6) is 0 Å². The first-order valence-corrected chi connectivity index (χ1v) is 5.35. The van der Waals surface area contributed by atoms with Gasteiger partial charge in [-0.1, -0.05) is 15.9 Å². The summed E-state index contributed by atoms with van der Waals surface area (Å²) in [6.45, 7) is 4.07. The predicted octanol–water partition coefficient (Wildman–Crippen LogP) is 1.76. The second-order valence-electron chi connectivity index (χ2n) is 3.39. The molecule has 0 bridgehead atoms. The van der Waals surface area contributed by atoms with Gasteiger partial charge in [-0.15, -0.1) is 0 Å². The quantitative estimate of drug-likeness (QED) is 0.702. The minimum atomic E-state index is 0.595. The molecule has 1 aromatic rings. The fourth-order valence-electron chi connectivity index (χ4n) is 1.45. The molecule has 0 N–H and O–H groups in total. The monoisotopic (exact) mass is 241 g/mol. The molecule has 0 aromatic carbocycles. The molecule has 0 amide bonds. The van der Waals surface area contributed by atoms with Gasteiger partial charge in [0.15, 0.2) is 0 Å². The summed E-state index contributed by atoms with van der Waals surface area (Å²) in [5.41, 5.74) is 1.11. The number of aromatic nitrogens is 2. The Morgan fingerprint density at radius 2 is 2.15 bits per heavy atom. The molecule has 1 aliphatic rings. The van der Waals surface area contributed by atoms with Crippen molar-refractivity contribution in [2.75, 3.05) is 18.0 Å². The van der Waals surface area contributed by atoms with E-state index in [1.807, 2.05) is 19.3 Å². The van der Waals surface area contributed by atoms with Gasteiger partial charge in [0, 0.05) is 30.3 Å². The van der Waals surface area contributed by atoms with Gasteiger partial charge in [-0.05, 0) is 18.9 Å². The molecular weight excluding hydrogens is 230 g/mol. The lowest BCUT2D eigenvalue weighted by Gasteiger charge is -2.14. The van der Waals surface area contributed by atoms with Crippen LogP contribution < -0.4 is 4.90 Å². The lowest BCUT2D eigenvalue weighted by atomic mass is 10.4. The molecule has 13 heavy (non-hydrogen) atoms. The van der Waals surface area contributed by atoms with Crippen molar-refractivity contribution in [3.05, 3.63) is 18.0 Å². The van der Waals surface area contributed by atoms with Crippen LogP contribution in [0.1, 0.15) is 12.0 Å². The van der Waals surface area contributed by atoms with Crippen molar-refractivity contribution in [2.24, 2.45) is 0 Å². The topological polar surface area (TPSA) is 29.0 Å². The third kappa shape index (κ3) is 1.99. The van der Waals surface area contributed by atoms with Crippen molar-refractivity contribution in [2.45, 2.75) is 18.2 Å². The van der Waals surface area contributed by atoms with E-state index in [4.69, 9.17) is 0 Å². The van der Waals surface area contributed by atoms with Crippen LogP contribution in [-0.2, 0) is 0 Å². The van der Waals surface area contributed by atoms with Crippen molar-refractivity contribution < 1.29 is 0 Å². The third-order valence-electron chi connectivity index (χ3n) is 2.18. The van der Waals surface area contributed by atoms with Gasteiger partial charge < -0.3 is 4.90 Å². The molecule has 2 rings (SSSR count). The van der Waals surface area contributed by atoms with E-state index >= 15 is 0 Å². The molecular formula is C9H12BrN3. The first kappa shape index (κ1) is 8.94. The van der Waals surface area contributed by atoms with Gasteiger partial charge in [0.1, 0.15) is 0 Å². The Balaban J connectivity index is 2.13. The summed E-state index contributed by atoms with van der Waals surface area (Å²) >= 11 is 3.59. The number of rotatable bonds is 1. The molecule has 1 fully saturated rings. The van der Waals surface area contributed by atoms with Crippen LogP contribution in [-0.4, -0.2) is 27.9 Å². The normalized spacial score (nSPS) is 22.3. The molecule has 1 saturated heterocycles. The maximum absolute atomic E-state index is 4.29. The fourth-order valence-corrected chi connectivity index (χ4v) is 2.00. The summed E-state index contributed by atoms with van der Waals surface area (Å²) < 4.78 is 0. The van der Waals surface area contributed by atoms with Gasteiger partial charge in [0.2, 0.25) is 5.95 Å². The molecule has 0 spiro atoms. The number of aryl methyl sites for hydroxylation is 1. The molecule has 4 heteroatoms. The average Bonchev–Trinajstić information content (AvgIpc) is 2.53. The lowest BCUT2D eigenvalue weighted by Crippen LogP contribution is -2.21. The lowest BCUT2D eigenvalue weighted by molar-refractivity contribution is 0.895. The Hall–Kier alpha value is -0.640. The van der Waals surface area contributed by atoms with Crippen LogP contribution in [0.2, 0.25) is 0 Å². The Morgan fingerprint density at radius 1 is 1.46 bits per heavy atom. The highest BCUT2D eigenvalue weighted by molar-refractivity contribution is 9.09. The molecule has 2 heterocycles. The van der Waals surface area contributed by atoms with E-state index in [2.05, 4.69) is 30.8 Å². The maximum Gasteiger partial charge on any atom is 0.225 e. The van der Waals surface area contributed by atoms with Crippen LogP contribution >= 0.6 is 15.9 Å². The zero-order valence-corrected chi connectivity index (χ0v) is 9.16. The Labute approximate surface area is 86.3 Å². The Kier molecular flexibility index (Phi) is 2.49. The van der Waals surface area contributed by atoms with E-state index in [0.29, 0.717) is 4.83 Å². The summed E-state index contributed by atoms with van der Waals surface area (Å²) in [5.74, 6) is 0.854. The van der Waals surface area contributed by atoms with E-state index in [1.54, 1.807) is 0 Å². The molecule has 1 unspecified atom stereocenters. The zero-order chi connectivity index (χ0) is 9.26. The number of nitrogens with zero attached hydrogens (tertiary/aromatic N) is 3. The van der Waals surface area contributed by atoms with Crippen LogP contribution in [0, 0.1) is 6.92 Å². The van der Waals surface area contributed by atoms with Gasteiger partial charge in [0.05, 0.1) is 0 Å². The maximum atomic E-state index is 4.29. The van der Waals surface area contributed by atoms with Crippen LogP contribution in [0.25, 0.3) is 0 Å². The van der Waals surface area contributed by atoms with Crippen molar-refractivity contribution in [1.82, 2.24) is 9.97 Å². The standard InChI is InChI=1S/C9H12BrN3/c1-7-4-11-9(12-5-7)13-3-2-8(10)6-13/h4-5,8H,2-3,6H2,1H3. The zero-order valence-electron chi connectivity index (χ0n) is 7.57. The molecule has 1 atom stereocenters. The average molecular weight is 242 g/mol. The highest BCUT2D eigenvalue weighted by atomic mass is 79.9. The summed E-state index contributed by atoms with van der Waals surface area (Å²) in [5, 5.41) is 0. The molecule has 70 valence electrons. The fraction of sp³-hybridized carbons (Fsp3) is 0.556. The van der Waals surface area contributed by atoms with Crippen molar-refractivity contribution in [3.8, 4) is 0 Å². The number of hydrogen-bond donors (Lipinski definition) is 0.